The summed E-state index contributed by atoms with van der Waals surface area (Å²) in [5, 5.41) is 20.7. The number of nitrogens with zero attached hydrogens (tertiary/aromatic N) is 4. The number of hydrogen-bond donors (Lipinski definition) is 2. The van der Waals surface area contributed by atoms with Gasteiger partial charge in [0, 0.05) is 55.9 Å². The molecule has 0 unspecified atom stereocenters. The number of rotatable bonds is 10. The van der Waals surface area contributed by atoms with Gasteiger partial charge in [-0.15, -0.1) is 0 Å². The van der Waals surface area contributed by atoms with Crippen LogP contribution in [0.2, 0.25) is 0 Å². The highest BCUT2D eigenvalue weighted by atomic mass is 16.3. The van der Waals surface area contributed by atoms with Gasteiger partial charge < -0.3 is 20.0 Å². The van der Waals surface area contributed by atoms with Gasteiger partial charge in [-0.05, 0) is 81.8 Å². The smallest absolute Gasteiger partial charge is 0.139 e. The molecule has 0 saturated heterocycles. The number of benzene rings is 3. The predicted octanol–water partition coefficient (Wildman–Crippen LogP) is 6.29. The Labute approximate surface area is 202 Å². The molecule has 34 heavy (non-hydrogen) atoms. The largest absolute Gasteiger partial charge is 0.507 e. The average molecular weight is 459 g/mol. The monoisotopic (exact) mass is 458 g/mol. The van der Waals surface area contributed by atoms with Gasteiger partial charge in [0.05, 0.1) is 17.1 Å². The van der Waals surface area contributed by atoms with E-state index in [1.807, 2.05) is 48.5 Å². The Bertz CT molecular complexity index is 1130. The van der Waals surface area contributed by atoms with Gasteiger partial charge in [-0.3, -0.25) is 9.98 Å². The Kier molecular flexibility index (Phi) is 8.68. The van der Waals surface area contributed by atoms with Gasteiger partial charge >= 0.3 is 0 Å². The van der Waals surface area contributed by atoms with E-state index in [0.29, 0.717) is 5.56 Å². The summed E-state index contributed by atoms with van der Waals surface area (Å²) in [6.07, 6.45) is 3.40. The van der Waals surface area contributed by atoms with E-state index < -0.39 is 0 Å². The lowest BCUT2D eigenvalue weighted by molar-refractivity contribution is 0.473. The average Bonchev–Trinajstić information content (AvgIpc) is 2.85. The topological polar surface area (TPSA) is 71.7 Å². The SMILES string of the molecule is CCN(CC)c1ccc(C=Nc2ccc(N=Cc3ccc(N(CC)CC)c(O)c3)cc2)c(O)c1. The van der Waals surface area contributed by atoms with E-state index in [2.05, 4.69) is 47.5 Å². The zero-order valence-electron chi connectivity index (χ0n) is 20.4. The lowest BCUT2D eigenvalue weighted by Gasteiger charge is -2.22. The molecule has 0 fully saturated rings. The molecule has 0 spiro atoms. The van der Waals surface area contributed by atoms with Crippen molar-refractivity contribution in [2.75, 3.05) is 36.0 Å². The maximum Gasteiger partial charge on any atom is 0.139 e. The summed E-state index contributed by atoms with van der Waals surface area (Å²) in [5.74, 6) is 0.468. The molecular weight excluding hydrogens is 424 g/mol. The third-order valence-corrected chi connectivity index (χ3v) is 5.81. The van der Waals surface area contributed by atoms with E-state index in [4.69, 9.17) is 0 Å². The second kappa shape index (κ2) is 11.9. The minimum Gasteiger partial charge on any atom is -0.507 e. The summed E-state index contributed by atoms with van der Waals surface area (Å²) in [6, 6.07) is 18.8. The maximum atomic E-state index is 10.4. The minimum absolute atomic E-state index is 0.213. The fourth-order valence-electron chi connectivity index (χ4n) is 3.80. The molecule has 6 heteroatoms. The molecule has 3 aromatic carbocycles. The molecule has 0 aromatic heterocycles. The third kappa shape index (κ3) is 6.16. The van der Waals surface area contributed by atoms with Crippen LogP contribution in [0, 0.1) is 0 Å². The van der Waals surface area contributed by atoms with Gasteiger partial charge in [-0.25, -0.2) is 0 Å². The summed E-state index contributed by atoms with van der Waals surface area (Å²) in [5.41, 5.74) is 4.89. The molecule has 178 valence electrons. The number of anilines is 2. The molecule has 0 bridgehead atoms. The Morgan fingerprint density at radius 1 is 0.647 bits per heavy atom. The van der Waals surface area contributed by atoms with Crippen LogP contribution >= 0.6 is 0 Å². The Morgan fingerprint density at radius 2 is 1.24 bits per heavy atom. The van der Waals surface area contributed by atoms with Crippen LogP contribution in [0.5, 0.6) is 11.5 Å². The van der Waals surface area contributed by atoms with Crippen molar-refractivity contribution >= 4 is 35.2 Å². The molecule has 3 rings (SSSR count). The molecule has 3 aromatic rings. The second-order valence-corrected chi connectivity index (χ2v) is 7.87. The highest BCUT2D eigenvalue weighted by molar-refractivity contribution is 5.87. The fraction of sp³-hybridized carbons (Fsp3) is 0.286. The number of phenols is 2. The van der Waals surface area contributed by atoms with Crippen molar-refractivity contribution < 1.29 is 10.2 Å². The number of aromatic hydroxyl groups is 2. The van der Waals surface area contributed by atoms with E-state index in [1.54, 1.807) is 24.6 Å². The Hall–Kier alpha value is -3.80. The molecule has 0 aliphatic rings. The van der Waals surface area contributed by atoms with Crippen molar-refractivity contribution in [1.82, 2.24) is 0 Å². The first-order chi connectivity index (χ1) is 16.5. The molecule has 0 atom stereocenters. The maximum absolute atomic E-state index is 10.4. The van der Waals surface area contributed by atoms with E-state index >= 15 is 0 Å². The molecule has 0 aliphatic heterocycles. The van der Waals surface area contributed by atoms with Crippen molar-refractivity contribution in [2.45, 2.75) is 27.7 Å². The Balaban J connectivity index is 1.67. The summed E-state index contributed by atoms with van der Waals surface area (Å²) < 4.78 is 0. The van der Waals surface area contributed by atoms with Crippen LogP contribution in [0.4, 0.5) is 22.7 Å². The van der Waals surface area contributed by atoms with Crippen molar-refractivity contribution in [3.05, 3.63) is 71.8 Å². The van der Waals surface area contributed by atoms with Crippen LogP contribution in [0.1, 0.15) is 38.8 Å². The van der Waals surface area contributed by atoms with E-state index in [-0.39, 0.29) is 11.5 Å². The van der Waals surface area contributed by atoms with Crippen molar-refractivity contribution in [3.63, 3.8) is 0 Å². The van der Waals surface area contributed by atoms with E-state index in [0.717, 1.165) is 54.5 Å². The number of phenolic OH excluding ortho intramolecular Hbond substituents is 2. The van der Waals surface area contributed by atoms with Crippen LogP contribution in [0.15, 0.2) is 70.6 Å². The van der Waals surface area contributed by atoms with Crippen LogP contribution in [-0.2, 0) is 0 Å². The van der Waals surface area contributed by atoms with Crippen LogP contribution < -0.4 is 9.80 Å². The van der Waals surface area contributed by atoms with Crippen molar-refractivity contribution in [2.24, 2.45) is 9.98 Å². The van der Waals surface area contributed by atoms with Gasteiger partial charge in [0.1, 0.15) is 11.5 Å². The molecule has 0 aliphatic carbocycles. The minimum atomic E-state index is 0.213. The number of hydrogen-bond acceptors (Lipinski definition) is 6. The summed E-state index contributed by atoms with van der Waals surface area (Å²) in [6.45, 7) is 11.8. The lowest BCUT2D eigenvalue weighted by Crippen LogP contribution is -2.21. The Morgan fingerprint density at radius 3 is 1.76 bits per heavy atom. The van der Waals surface area contributed by atoms with Gasteiger partial charge in [0.2, 0.25) is 0 Å². The number of aliphatic imine (C=N–C) groups is 2. The van der Waals surface area contributed by atoms with E-state index in [9.17, 15) is 10.2 Å². The zero-order valence-corrected chi connectivity index (χ0v) is 20.4. The lowest BCUT2D eigenvalue weighted by atomic mass is 10.1. The van der Waals surface area contributed by atoms with Gasteiger partial charge in [-0.1, -0.05) is 6.07 Å². The summed E-state index contributed by atoms with van der Waals surface area (Å²) in [4.78, 5) is 13.3. The molecular formula is C28H34N4O2. The van der Waals surface area contributed by atoms with Crippen LogP contribution in [-0.4, -0.2) is 48.8 Å². The van der Waals surface area contributed by atoms with Crippen molar-refractivity contribution in [3.8, 4) is 11.5 Å². The molecule has 0 amide bonds. The van der Waals surface area contributed by atoms with Crippen molar-refractivity contribution in [1.29, 1.82) is 0 Å². The molecule has 2 N–H and O–H groups in total. The van der Waals surface area contributed by atoms with Crippen LogP contribution in [0.25, 0.3) is 0 Å². The van der Waals surface area contributed by atoms with Gasteiger partial charge in [-0.2, -0.15) is 0 Å². The quantitative estimate of drug-likeness (QED) is 0.350. The molecule has 0 heterocycles. The summed E-state index contributed by atoms with van der Waals surface area (Å²) in [7, 11) is 0. The fourth-order valence-corrected chi connectivity index (χ4v) is 3.80. The second-order valence-electron chi connectivity index (χ2n) is 7.87. The first-order valence-corrected chi connectivity index (χ1v) is 11.8. The van der Waals surface area contributed by atoms with Gasteiger partial charge in [0.15, 0.2) is 0 Å². The normalized spacial score (nSPS) is 11.4. The van der Waals surface area contributed by atoms with Crippen LogP contribution in [0.3, 0.4) is 0 Å². The first-order valence-electron chi connectivity index (χ1n) is 11.8. The first kappa shape index (κ1) is 24.8. The molecule has 0 radical (unpaired) electrons. The molecule has 0 saturated carbocycles. The highest BCUT2D eigenvalue weighted by Crippen LogP contribution is 2.28. The third-order valence-electron chi connectivity index (χ3n) is 5.81. The van der Waals surface area contributed by atoms with E-state index in [1.165, 1.54) is 0 Å². The zero-order chi connectivity index (χ0) is 24.5. The van der Waals surface area contributed by atoms with Gasteiger partial charge in [0.25, 0.3) is 0 Å². The summed E-state index contributed by atoms with van der Waals surface area (Å²) >= 11 is 0. The molecule has 6 nitrogen and oxygen atoms in total. The predicted molar refractivity (Wildman–Crippen MR) is 144 cm³/mol. The standard InChI is InChI=1S/C28H34N4O2/c1-5-31(6-2)25-15-10-22(27(33)18-25)20-30-24-13-11-23(12-14-24)29-19-21-9-16-26(28(34)17-21)32(7-3)8-4/h9-20,33-34H,5-8H2,1-4H3. The highest BCUT2D eigenvalue weighted by Gasteiger charge is 2.08.